The van der Waals surface area contributed by atoms with Gasteiger partial charge in [0.2, 0.25) is 5.91 Å². The number of carbonyl (C=O) groups excluding carboxylic acids is 2. The predicted octanol–water partition coefficient (Wildman–Crippen LogP) is 2.37. The van der Waals surface area contributed by atoms with Gasteiger partial charge in [0.25, 0.3) is 0 Å². The maximum atomic E-state index is 12.3. The fourth-order valence-electron chi connectivity index (χ4n) is 2.60. The highest BCUT2D eigenvalue weighted by Gasteiger charge is 2.28. The first-order chi connectivity index (χ1) is 9.10. The molecule has 0 N–H and O–H groups in total. The number of rotatable bonds is 3. The summed E-state index contributed by atoms with van der Waals surface area (Å²) in [6, 6.07) is 8.04. The number of nitrogens with zero attached hydrogens (tertiary/aromatic N) is 1. The molecule has 1 fully saturated rings. The monoisotopic (exact) mass is 259 g/mol. The third kappa shape index (κ3) is 3.43. The van der Waals surface area contributed by atoms with Crippen molar-refractivity contribution in [3.8, 4) is 0 Å². The normalized spacial score (nSPS) is 19.6. The van der Waals surface area contributed by atoms with Crippen LogP contribution in [0.25, 0.3) is 0 Å². The highest BCUT2D eigenvalue weighted by molar-refractivity contribution is 5.86. The van der Waals surface area contributed by atoms with E-state index in [9.17, 15) is 9.59 Å². The number of carbonyl (C=O) groups is 2. The van der Waals surface area contributed by atoms with E-state index >= 15 is 0 Å². The van der Waals surface area contributed by atoms with Gasteiger partial charge in [0.15, 0.2) is 0 Å². The van der Waals surface area contributed by atoms with Gasteiger partial charge in [-0.2, -0.15) is 0 Å². The largest absolute Gasteiger partial charge is 0.341 e. The summed E-state index contributed by atoms with van der Waals surface area (Å²) in [5.41, 5.74) is 2.22. The third-order valence-corrected chi connectivity index (χ3v) is 3.81. The molecule has 1 aromatic rings. The Morgan fingerprint density at radius 1 is 1.42 bits per heavy atom. The predicted molar refractivity (Wildman–Crippen MR) is 74.9 cm³/mol. The number of likely N-dealkylation sites (tertiary alicyclic amines) is 1. The summed E-state index contributed by atoms with van der Waals surface area (Å²) in [4.78, 5) is 25.8. The average molecular weight is 259 g/mol. The molecule has 19 heavy (non-hydrogen) atoms. The zero-order chi connectivity index (χ0) is 13.8. The smallest absolute Gasteiger partial charge is 0.227 e. The standard InChI is InChI=1S/C16H21NO2/c1-3-14-11-17(8-7-15(14)18)16(19)10-13-6-4-5-12(2)9-13/h4-6,9,14H,3,7-8,10-11H2,1-2H3. The lowest BCUT2D eigenvalue weighted by Gasteiger charge is -2.31. The molecule has 1 amide bonds. The lowest BCUT2D eigenvalue weighted by atomic mass is 9.93. The van der Waals surface area contributed by atoms with E-state index in [4.69, 9.17) is 0 Å². The van der Waals surface area contributed by atoms with Crippen LogP contribution >= 0.6 is 0 Å². The molecule has 0 aliphatic carbocycles. The fraction of sp³-hybridized carbons (Fsp3) is 0.500. The van der Waals surface area contributed by atoms with Crippen molar-refractivity contribution in [3.05, 3.63) is 35.4 Å². The van der Waals surface area contributed by atoms with E-state index in [-0.39, 0.29) is 11.8 Å². The second-order valence-electron chi connectivity index (χ2n) is 5.33. The fourth-order valence-corrected chi connectivity index (χ4v) is 2.60. The van der Waals surface area contributed by atoms with Crippen LogP contribution in [0.3, 0.4) is 0 Å². The van der Waals surface area contributed by atoms with Gasteiger partial charge in [0.1, 0.15) is 5.78 Å². The molecule has 1 unspecified atom stereocenters. The number of piperidine rings is 1. The van der Waals surface area contributed by atoms with Crippen LogP contribution in [0.5, 0.6) is 0 Å². The quantitative estimate of drug-likeness (QED) is 0.835. The van der Waals surface area contributed by atoms with Gasteiger partial charge in [-0.1, -0.05) is 36.8 Å². The Labute approximate surface area is 114 Å². The molecule has 1 aliphatic rings. The SMILES string of the molecule is CCC1CN(C(=O)Cc2cccc(C)c2)CCC1=O. The summed E-state index contributed by atoms with van der Waals surface area (Å²) in [7, 11) is 0. The van der Waals surface area contributed by atoms with Crippen LogP contribution in [0, 0.1) is 12.8 Å². The van der Waals surface area contributed by atoms with Crippen molar-refractivity contribution in [2.75, 3.05) is 13.1 Å². The highest BCUT2D eigenvalue weighted by Crippen LogP contribution is 2.17. The molecular formula is C16H21NO2. The summed E-state index contributed by atoms with van der Waals surface area (Å²) in [5, 5.41) is 0. The molecule has 1 atom stereocenters. The zero-order valence-corrected chi connectivity index (χ0v) is 11.7. The Balaban J connectivity index is 1.98. The van der Waals surface area contributed by atoms with Gasteiger partial charge < -0.3 is 4.90 Å². The van der Waals surface area contributed by atoms with Crippen LogP contribution < -0.4 is 0 Å². The number of ketones is 1. The average Bonchev–Trinajstić information content (AvgIpc) is 2.39. The summed E-state index contributed by atoms with van der Waals surface area (Å²) < 4.78 is 0. The number of hydrogen-bond donors (Lipinski definition) is 0. The minimum Gasteiger partial charge on any atom is -0.341 e. The van der Waals surface area contributed by atoms with Crippen molar-refractivity contribution < 1.29 is 9.59 Å². The topological polar surface area (TPSA) is 37.4 Å². The van der Waals surface area contributed by atoms with E-state index in [0.717, 1.165) is 12.0 Å². The van der Waals surface area contributed by atoms with Crippen molar-refractivity contribution in [1.82, 2.24) is 4.90 Å². The van der Waals surface area contributed by atoms with E-state index in [1.165, 1.54) is 5.56 Å². The maximum Gasteiger partial charge on any atom is 0.227 e. The highest BCUT2D eigenvalue weighted by atomic mass is 16.2. The van der Waals surface area contributed by atoms with Crippen LogP contribution in [-0.4, -0.2) is 29.7 Å². The Kier molecular flexibility index (Phi) is 4.35. The number of Topliss-reactive ketones (excluding diaryl/α,β-unsaturated/α-hetero) is 1. The first kappa shape index (κ1) is 13.8. The zero-order valence-electron chi connectivity index (χ0n) is 11.7. The second kappa shape index (κ2) is 6.00. The van der Waals surface area contributed by atoms with Gasteiger partial charge in [-0.15, -0.1) is 0 Å². The van der Waals surface area contributed by atoms with Gasteiger partial charge in [-0.25, -0.2) is 0 Å². The van der Waals surface area contributed by atoms with Crippen LogP contribution in [-0.2, 0) is 16.0 Å². The van der Waals surface area contributed by atoms with Crippen LogP contribution in [0.2, 0.25) is 0 Å². The molecule has 1 saturated heterocycles. The van der Waals surface area contributed by atoms with Crippen LogP contribution in [0.1, 0.15) is 30.9 Å². The molecule has 2 rings (SSSR count). The number of amides is 1. The molecule has 102 valence electrons. The second-order valence-corrected chi connectivity index (χ2v) is 5.33. The molecule has 3 heteroatoms. The van der Waals surface area contributed by atoms with Crippen molar-refractivity contribution in [2.45, 2.75) is 33.1 Å². The first-order valence-corrected chi connectivity index (χ1v) is 6.96. The summed E-state index contributed by atoms with van der Waals surface area (Å²) in [6.45, 7) is 5.22. The summed E-state index contributed by atoms with van der Waals surface area (Å²) in [6.07, 6.45) is 1.78. The summed E-state index contributed by atoms with van der Waals surface area (Å²) >= 11 is 0. The van der Waals surface area contributed by atoms with Crippen molar-refractivity contribution in [2.24, 2.45) is 5.92 Å². The molecule has 3 nitrogen and oxygen atoms in total. The van der Waals surface area contributed by atoms with Crippen molar-refractivity contribution in [1.29, 1.82) is 0 Å². The Morgan fingerprint density at radius 2 is 2.21 bits per heavy atom. The Bertz CT molecular complexity index is 481. The first-order valence-electron chi connectivity index (χ1n) is 6.96. The summed E-state index contributed by atoms with van der Waals surface area (Å²) in [5.74, 6) is 0.480. The lowest BCUT2D eigenvalue weighted by Crippen LogP contribution is -2.44. The van der Waals surface area contributed by atoms with Crippen molar-refractivity contribution in [3.63, 3.8) is 0 Å². The van der Waals surface area contributed by atoms with Gasteiger partial charge >= 0.3 is 0 Å². The minimum atomic E-state index is 0.0372. The molecule has 0 saturated carbocycles. The van der Waals surface area contributed by atoms with E-state index in [1.54, 1.807) is 0 Å². The Hall–Kier alpha value is -1.64. The lowest BCUT2D eigenvalue weighted by molar-refractivity contribution is -0.136. The van der Waals surface area contributed by atoms with Gasteiger partial charge in [0.05, 0.1) is 6.42 Å². The molecular weight excluding hydrogens is 238 g/mol. The molecule has 0 radical (unpaired) electrons. The number of aryl methyl sites for hydroxylation is 1. The van der Waals surface area contributed by atoms with Crippen molar-refractivity contribution >= 4 is 11.7 Å². The molecule has 1 aliphatic heterocycles. The third-order valence-electron chi connectivity index (χ3n) is 3.81. The molecule has 0 bridgehead atoms. The number of benzene rings is 1. The minimum absolute atomic E-state index is 0.0372. The van der Waals surface area contributed by atoms with Gasteiger partial charge in [0, 0.05) is 25.4 Å². The van der Waals surface area contributed by atoms with Crippen LogP contribution in [0.4, 0.5) is 0 Å². The molecule has 1 aromatic carbocycles. The van der Waals surface area contributed by atoms with E-state index < -0.39 is 0 Å². The number of hydrogen-bond acceptors (Lipinski definition) is 2. The maximum absolute atomic E-state index is 12.3. The molecule has 0 spiro atoms. The van der Waals surface area contributed by atoms with E-state index in [2.05, 4.69) is 0 Å². The Morgan fingerprint density at radius 3 is 2.89 bits per heavy atom. The van der Waals surface area contributed by atoms with E-state index in [1.807, 2.05) is 43.0 Å². The van der Waals surface area contributed by atoms with Gasteiger partial charge in [-0.3, -0.25) is 9.59 Å². The molecule has 1 heterocycles. The molecule has 0 aromatic heterocycles. The van der Waals surface area contributed by atoms with Gasteiger partial charge in [-0.05, 0) is 18.9 Å². The van der Waals surface area contributed by atoms with E-state index in [0.29, 0.717) is 31.7 Å². The van der Waals surface area contributed by atoms with Crippen LogP contribution in [0.15, 0.2) is 24.3 Å².